The largest absolute Gasteiger partial charge is 0.477 e. The monoisotopic (exact) mass is 673 g/mol. The van der Waals surface area contributed by atoms with E-state index in [1.165, 1.54) is 19.1 Å². The smallest absolute Gasteiger partial charge is 0.418 e. The molecule has 0 bridgehead atoms. The average molecular weight is 674 g/mol. The minimum atomic E-state index is -4.71. The molecule has 4 heterocycles. The van der Waals surface area contributed by atoms with E-state index < -0.39 is 29.7 Å². The zero-order valence-corrected chi connectivity index (χ0v) is 26.9. The number of amides is 4. The number of pyridine rings is 2. The molecule has 15 heteroatoms. The number of halogens is 4. The van der Waals surface area contributed by atoms with Crippen molar-refractivity contribution in [2.45, 2.75) is 45.5 Å². The van der Waals surface area contributed by atoms with Gasteiger partial charge in [-0.2, -0.15) is 13.2 Å². The summed E-state index contributed by atoms with van der Waals surface area (Å²) >= 11 is 5.89. The Morgan fingerprint density at radius 2 is 1.77 bits per heavy atom. The van der Waals surface area contributed by atoms with Crippen molar-refractivity contribution in [1.29, 1.82) is 0 Å². The number of rotatable bonds is 10. The van der Waals surface area contributed by atoms with E-state index in [0.717, 1.165) is 11.0 Å². The second kappa shape index (κ2) is 14.0. The number of alkyl halides is 3. The standard InChI is InChI=1S/C32H35ClF3N7O4/c1-4-21-16-42-22(18-43(31(42)46)26-10-8-20(33)15-24(26)32(34,35)36)17-41(21)27-11-9-25(23-7-6-12-39-30(23)47-5-2)40-28(27)29(45)38-14-13-37-19(3)44/h6-12,15,21-22H,4-5,13-14,16-18H2,1-3H3,(H,37,44)(H,38,45)/t21-,22+/m1/s1. The summed E-state index contributed by atoms with van der Waals surface area (Å²) in [6, 6.07) is 9.19. The highest BCUT2D eigenvalue weighted by Crippen LogP contribution is 2.41. The maximum absolute atomic E-state index is 14.0. The molecule has 0 spiro atoms. The van der Waals surface area contributed by atoms with E-state index in [1.54, 1.807) is 35.4 Å². The lowest BCUT2D eigenvalue weighted by atomic mass is 10.0. The van der Waals surface area contributed by atoms with Crippen LogP contribution in [0.3, 0.4) is 0 Å². The molecule has 0 saturated carbocycles. The number of fused-ring (bicyclic) bond motifs is 1. The molecule has 11 nitrogen and oxygen atoms in total. The van der Waals surface area contributed by atoms with Crippen molar-refractivity contribution in [3.8, 4) is 17.1 Å². The summed E-state index contributed by atoms with van der Waals surface area (Å²) in [7, 11) is 0. The van der Waals surface area contributed by atoms with E-state index in [2.05, 4.69) is 15.6 Å². The van der Waals surface area contributed by atoms with Gasteiger partial charge in [-0.05, 0) is 55.8 Å². The minimum absolute atomic E-state index is 0.00758. The first-order valence-corrected chi connectivity index (χ1v) is 15.6. The third-order valence-corrected chi connectivity index (χ3v) is 8.34. The van der Waals surface area contributed by atoms with Gasteiger partial charge in [0.2, 0.25) is 11.8 Å². The number of nitrogens with zero attached hydrogens (tertiary/aromatic N) is 5. The van der Waals surface area contributed by atoms with Crippen LogP contribution in [-0.2, 0) is 11.0 Å². The lowest BCUT2D eigenvalue weighted by molar-refractivity contribution is -0.137. The van der Waals surface area contributed by atoms with E-state index >= 15 is 0 Å². The third kappa shape index (κ3) is 7.22. The maximum Gasteiger partial charge on any atom is 0.418 e. The summed E-state index contributed by atoms with van der Waals surface area (Å²) in [4.78, 5) is 52.4. The predicted molar refractivity (Wildman–Crippen MR) is 171 cm³/mol. The Balaban J connectivity index is 1.50. The number of hydrogen-bond donors (Lipinski definition) is 2. The molecule has 2 aromatic heterocycles. The number of hydrogen-bond acceptors (Lipinski definition) is 7. The van der Waals surface area contributed by atoms with Gasteiger partial charge in [-0.25, -0.2) is 14.8 Å². The normalized spacial score (nSPS) is 17.9. The molecule has 2 atom stereocenters. The van der Waals surface area contributed by atoms with Gasteiger partial charge in [0, 0.05) is 56.9 Å². The maximum atomic E-state index is 14.0. The molecule has 0 aliphatic carbocycles. The Kier molecular flexibility index (Phi) is 10.1. The topological polar surface area (TPSA) is 120 Å². The first-order valence-electron chi connectivity index (χ1n) is 15.3. The summed E-state index contributed by atoms with van der Waals surface area (Å²) in [6.07, 6.45) is -2.54. The van der Waals surface area contributed by atoms with Crippen LogP contribution in [0.25, 0.3) is 11.3 Å². The lowest BCUT2D eigenvalue weighted by Gasteiger charge is -2.44. The molecule has 0 radical (unpaired) electrons. The van der Waals surface area contributed by atoms with Crippen molar-refractivity contribution < 1.29 is 32.3 Å². The quantitative estimate of drug-likeness (QED) is 0.291. The third-order valence-electron chi connectivity index (χ3n) is 8.10. The van der Waals surface area contributed by atoms with Crippen molar-refractivity contribution in [2.24, 2.45) is 0 Å². The van der Waals surface area contributed by atoms with Crippen molar-refractivity contribution in [3.05, 3.63) is 64.9 Å². The van der Waals surface area contributed by atoms with Crippen LogP contribution >= 0.6 is 11.6 Å². The van der Waals surface area contributed by atoms with Gasteiger partial charge in [-0.15, -0.1) is 0 Å². The number of piperazine rings is 1. The fourth-order valence-electron chi connectivity index (χ4n) is 5.94. The summed E-state index contributed by atoms with van der Waals surface area (Å²) in [6.45, 7) is 6.38. The zero-order valence-electron chi connectivity index (χ0n) is 26.1. The summed E-state index contributed by atoms with van der Waals surface area (Å²) < 4.78 is 47.6. The van der Waals surface area contributed by atoms with Crippen molar-refractivity contribution in [3.63, 3.8) is 0 Å². The number of benzene rings is 1. The lowest BCUT2D eigenvalue weighted by Crippen LogP contribution is -2.58. The Labute approximate surface area is 275 Å². The highest BCUT2D eigenvalue weighted by Gasteiger charge is 2.47. The number of ether oxygens (including phenoxy) is 1. The zero-order chi connectivity index (χ0) is 33.9. The van der Waals surface area contributed by atoms with Gasteiger partial charge in [-0.3, -0.25) is 14.5 Å². The van der Waals surface area contributed by atoms with Gasteiger partial charge in [-0.1, -0.05) is 18.5 Å². The Morgan fingerprint density at radius 3 is 2.47 bits per heavy atom. The SMILES string of the molecule is CCOc1ncccc1-c1ccc(N2C[C@H]3CN(c4ccc(Cl)cc4C(F)(F)F)C(=O)N3C[C@H]2CC)c(C(=O)NCCNC(C)=O)n1. The van der Waals surface area contributed by atoms with E-state index in [0.29, 0.717) is 35.9 Å². The Morgan fingerprint density at radius 1 is 1.02 bits per heavy atom. The molecule has 2 fully saturated rings. The summed E-state index contributed by atoms with van der Waals surface area (Å²) in [5.41, 5.74) is 0.420. The second-order valence-electron chi connectivity index (χ2n) is 11.2. The second-order valence-corrected chi connectivity index (χ2v) is 11.6. The molecular formula is C32H35ClF3N7O4. The van der Waals surface area contributed by atoms with E-state index in [1.807, 2.05) is 18.7 Å². The van der Waals surface area contributed by atoms with Crippen molar-refractivity contribution in [1.82, 2.24) is 25.5 Å². The van der Waals surface area contributed by atoms with Crippen LogP contribution in [0.1, 0.15) is 43.2 Å². The molecule has 250 valence electrons. The fraction of sp³-hybridized carbons (Fsp3) is 0.406. The van der Waals surface area contributed by atoms with Gasteiger partial charge < -0.3 is 25.2 Å². The first-order chi connectivity index (χ1) is 22.4. The average Bonchev–Trinajstić information content (AvgIpc) is 3.36. The van der Waals surface area contributed by atoms with Gasteiger partial charge in [0.05, 0.1) is 40.8 Å². The number of carbonyl (C=O) groups excluding carboxylic acids is 3. The highest BCUT2D eigenvalue weighted by molar-refractivity contribution is 6.30. The molecule has 2 N–H and O–H groups in total. The van der Waals surface area contributed by atoms with Crippen LogP contribution in [0.4, 0.5) is 29.3 Å². The molecule has 2 aliphatic heterocycles. The molecule has 3 aromatic rings. The van der Waals surface area contributed by atoms with Gasteiger partial charge >= 0.3 is 12.2 Å². The van der Waals surface area contributed by atoms with Crippen LogP contribution in [-0.4, -0.2) is 84.1 Å². The highest BCUT2D eigenvalue weighted by atomic mass is 35.5. The minimum Gasteiger partial charge on any atom is -0.477 e. The Hall–Kier alpha value is -4.59. The van der Waals surface area contributed by atoms with E-state index in [4.69, 9.17) is 21.3 Å². The van der Waals surface area contributed by atoms with Gasteiger partial charge in [0.25, 0.3) is 5.91 Å². The van der Waals surface area contributed by atoms with Crippen LogP contribution in [0, 0.1) is 0 Å². The van der Waals surface area contributed by atoms with Crippen molar-refractivity contribution in [2.75, 3.05) is 49.1 Å². The molecule has 2 aliphatic rings. The summed E-state index contributed by atoms with van der Waals surface area (Å²) in [5, 5.41) is 5.37. The first kappa shape index (κ1) is 33.8. The molecule has 5 rings (SSSR count). The number of aromatic nitrogens is 2. The van der Waals surface area contributed by atoms with Gasteiger partial charge in [0.15, 0.2) is 5.69 Å². The van der Waals surface area contributed by atoms with Crippen LogP contribution in [0.2, 0.25) is 5.02 Å². The molecular weight excluding hydrogens is 639 g/mol. The number of anilines is 2. The fourth-order valence-corrected chi connectivity index (χ4v) is 6.11. The molecule has 47 heavy (non-hydrogen) atoms. The summed E-state index contributed by atoms with van der Waals surface area (Å²) in [5.74, 6) is -0.353. The molecule has 4 amide bonds. The van der Waals surface area contributed by atoms with Crippen LogP contribution < -0.4 is 25.2 Å². The van der Waals surface area contributed by atoms with E-state index in [-0.39, 0.29) is 61.1 Å². The number of nitrogens with one attached hydrogen (secondary N) is 2. The van der Waals surface area contributed by atoms with E-state index in [9.17, 15) is 27.6 Å². The van der Waals surface area contributed by atoms with Gasteiger partial charge in [0.1, 0.15) is 0 Å². The number of carbonyl (C=O) groups is 3. The molecule has 1 aromatic carbocycles. The van der Waals surface area contributed by atoms with Crippen LogP contribution in [0.5, 0.6) is 5.88 Å². The predicted octanol–water partition coefficient (Wildman–Crippen LogP) is 4.99. The Bertz CT molecular complexity index is 1660. The number of urea groups is 1. The molecule has 0 unspecified atom stereocenters. The molecule has 2 saturated heterocycles. The van der Waals surface area contributed by atoms with Crippen molar-refractivity contribution >= 4 is 40.8 Å². The van der Waals surface area contributed by atoms with Crippen LogP contribution in [0.15, 0.2) is 48.7 Å².